The number of primary amides is 1. The summed E-state index contributed by atoms with van der Waals surface area (Å²) >= 11 is 0. The number of nitrogens with two attached hydrogens (primary N) is 1. The molecule has 1 aliphatic heterocycles. The summed E-state index contributed by atoms with van der Waals surface area (Å²) in [6.45, 7) is 4.29. The first kappa shape index (κ1) is 13.8. The summed E-state index contributed by atoms with van der Waals surface area (Å²) in [6.07, 6.45) is 6.95. The van der Waals surface area contributed by atoms with Gasteiger partial charge in [-0.25, -0.2) is 0 Å². The molecule has 4 nitrogen and oxygen atoms in total. The van der Waals surface area contributed by atoms with Gasteiger partial charge in [-0.1, -0.05) is 0 Å². The normalized spacial score (nSPS) is 41.6. The monoisotopic (exact) mass is 254 g/mol. The molecule has 2 aliphatic rings. The fraction of sp³-hybridized carbons (Fsp3) is 0.929. The zero-order chi connectivity index (χ0) is 13.1. The van der Waals surface area contributed by atoms with Gasteiger partial charge in [0.2, 0.25) is 5.91 Å². The Balaban J connectivity index is 1.75. The lowest BCUT2D eigenvalue weighted by Gasteiger charge is -2.37. The zero-order valence-electron chi connectivity index (χ0n) is 11.5. The Kier molecular flexibility index (Phi) is 4.62. The van der Waals surface area contributed by atoms with E-state index in [9.17, 15) is 4.79 Å². The molecule has 1 heterocycles. The summed E-state index contributed by atoms with van der Waals surface area (Å²) < 4.78 is 5.75. The highest BCUT2D eigenvalue weighted by atomic mass is 16.5. The molecule has 0 bridgehead atoms. The lowest BCUT2D eigenvalue weighted by molar-refractivity contribution is -0.122. The van der Waals surface area contributed by atoms with Crippen molar-refractivity contribution in [2.45, 2.75) is 76.7 Å². The van der Waals surface area contributed by atoms with Gasteiger partial charge in [0.15, 0.2) is 0 Å². The number of carbonyl (C=O) groups excluding carboxylic acids is 1. The first-order chi connectivity index (χ1) is 8.54. The van der Waals surface area contributed by atoms with Crippen molar-refractivity contribution in [3.63, 3.8) is 0 Å². The molecule has 0 radical (unpaired) electrons. The summed E-state index contributed by atoms with van der Waals surface area (Å²) in [4.78, 5) is 11.1. The van der Waals surface area contributed by atoms with E-state index in [4.69, 9.17) is 10.5 Å². The van der Waals surface area contributed by atoms with Gasteiger partial charge < -0.3 is 15.8 Å². The standard InChI is InChI=1S/C14H26N2O2/c1-9-7-13(8-10(2)18-9)16-12-5-3-11(4-6-12)14(15)17/h9-13,16H,3-8H2,1-2H3,(H2,15,17). The van der Waals surface area contributed by atoms with E-state index >= 15 is 0 Å². The van der Waals surface area contributed by atoms with Crippen LogP contribution in [0.3, 0.4) is 0 Å². The number of ether oxygens (including phenoxy) is 1. The van der Waals surface area contributed by atoms with E-state index in [0.717, 1.165) is 38.5 Å². The van der Waals surface area contributed by atoms with Crippen LogP contribution in [-0.2, 0) is 9.53 Å². The van der Waals surface area contributed by atoms with Crippen LogP contribution in [0.15, 0.2) is 0 Å². The van der Waals surface area contributed by atoms with Gasteiger partial charge in [-0.3, -0.25) is 4.79 Å². The first-order valence-corrected chi connectivity index (χ1v) is 7.25. The number of nitrogens with one attached hydrogen (secondary N) is 1. The molecule has 1 saturated carbocycles. The van der Waals surface area contributed by atoms with Gasteiger partial charge in [0.25, 0.3) is 0 Å². The van der Waals surface area contributed by atoms with Crippen molar-refractivity contribution in [2.24, 2.45) is 11.7 Å². The fourth-order valence-corrected chi connectivity index (χ4v) is 3.42. The van der Waals surface area contributed by atoms with Crippen molar-refractivity contribution in [1.29, 1.82) is 0 Å². The second-order valence-corrected chi connectivity index (χ2v) is 6.04. The van der Waals surface area contributed by atoms with Crippen LogP contribution in [-0.4, -0.2) is 30.2 Å². The quantitative estimate of drug-likeness (QED) is 0.803. The average molecular weight is 254 g/mol. The lowest BCUT2D eigenvalue weighted by Crippen LogP contribution is -2.47. The Morgan fingerprint density at radius 3 is 2.11 bits per heavy atom. The minimum atomic E-state index is -0.123. The average Bonchev–Trinajstić information content (AvgIpc) is 2.28. The topological polar surface area (TPSA) is 64.3 Å². The summed E-state index contributed by atoms with van der Waals surface area (Å²) in [5.74, 6) is -0.0163. The summed E-state index contributed by atoms with van der Waals surface area (Å²) in [5, 5.41) is 3.75. The highest BCUT2D eigenvalue weighted by Crippen LogP contribution is 2.26. The van der Waals surface area contributed by atoms with E-state index in [1.165, 1.54) is 0 Å². The van der Waals surface area contributed by atoms with Crippen LogP contribution in [0, 0.1) is 5.92 Å². The third-order valence-electron chi connectivity index (χ3n) is 4.30. The van der Waals surface area contributed by atoms with Crippen molar-refractivity contribution in [2.75, 3.05) is 0 Å². The van der Waals surface area contributed by atoms with Crippen LogP contribution in [0.2, 0.25) is 0 Å². The zero-order valence-corrected chi connectivity index (χ0v) is 11.5. The molecule has 104 valence electrons. The van der Waals surface area contributed by atoms with E-state index < -0.39 is 0 Å². The van der Waals surface area contributed by atoms with Crippen molar-refractivity contribution in [1.82, 2.24) is 5.32 Å². The molecule has 2 unspecified atom stereocenters. The maximum absolute atomic E-state index is 11.1. The minimum absolute atomic E-state index is 0.107. The van der Waals surface area contributed by atoms with E-state index in [-0.39, 0.29) is 11.8 Å². The van der Waals surface area contributed by atoms with Crippen LogP contribution in [0.25, 0.3) is 0 Å². The van der Waals surface area contributed by atoms with E-state index in [0.29, 0.717) is 24.3 Å². The molecule has 1 aliphatic carbocycles. The molecule has 1 amide bonds. The Bertz CT molecular complexity index is 278. The molecule has 0 aromatic carbocycles. The molecular formula is C14H26N2O2. The molecule has 4 heteroatoms. The number of hydrogen-bond donors (Lipinski definition) is 2. The second kappa shape index (κ2) is 6.02. The van der Waals surface area contributed by atoms with Crippen molar-refractivity contribution >= 4 is 5.91 Å². The van der Waals surface area contributed by atoms with Gasteiger partial charge in [0, 0.05) is 18.0 Å². The third kappa shape index (κ3) is 3.69. The molecule has 3 N–H and O–H groups in total. The number of rotatable bonds is 3. The van der Waals surface area contributed by atoms with Crippen LogP contribution in [0.4, 0.5) is 0 Å². The van der Waals surface area contributed by atoms with Gasteiger partial charge >= 0.3 is 0 Å². The highest BCUT2D eigenvalue weighted by Gasteiger charge is 2.29. The Morgan fingerprint density at radius 2 is 1.61 bits per heavy atom. The van der Waals surface area contributed by atoms with E-state index in [1.54, 1.807) is 0 Å². The van der Waals surface area contributed by atoms with Crippen LogP contribution in [0.1, 0.15) is 52.4 Å². The largest absolute Gasteiger partial charge is 0.375 e. The maximum Gasteiger partial charge on any atom is 0.220 e. The Labute approximate surface area is 110 Å². The van der Waals surface area contributed by atoms with Gasteiger partial charge in [-0.2, -0.15) is 0 Å². The summed E-state index contributed by atoms with van der Waals surface area (Å²) in [6, 6.07) is 1.13. The highest BCUT2D eigenvalue weighted by molar-refractivity contribution is 5.76. The van der Waals surface area contributed by atoms with Crippen molar-refractivity contribution in [3.05, 3.63) is 0 Å². The molecule has 1 saturated heterocycles. The van der Waals surface area contributed by atoms with E-state index in [2.05, 4.69) is 19.2 Å². The van der Waals surface area contributed by atoms with Crippen molar-refractivity contribution < 1.29 is 9.53 Å². The maximum atomic E-state index is 11.1. The second-order valence-electron chi connectivity index (χ2n) is 6.04. The molecule has 18 heavy (non-hydrogen) atoms. The van der Waals surface area contributed by atoms with Crippen LogP contribution in [0.5, 0.6) is 0 Å². The number of hydrogen-bond acceptors (Lipinski definition) is 3. The molecule has 2 rings (SSSR count). The fourth-order valence-electron chi connectivity index (χ4n) is 3.42. The van der Waals surface area contributed by atoms with Crippen LogP contribution >= 0.6 is 0 Å². The van der Waals surface area contributed by atoms with Gasteiger partial charge in [-0.15, -0.1) is 0 Å². The summed E-state index contributed by atoms with van der Waals surface area (Å²) in [7, 11) is 0. The number of amides is 1. The molecule has 2 atom stereocenters. The summed E-state index contributed by atoms with van der Waals surface area (Å²) in [5.41, 5.74) is 5.36. The Hall–Kier alpha value is -0.610. The predicted octanol–water partition coefficient (Wildman–Crippen LogP) is 1.58. The third-order valence-corrected chi connectivity index (χ3v) is 4.30. The molecule has 0 spiro atoms. The van der Waals surface area contributed by atoms with Gasteiger partial charge in [0.1, 0.15) is 0 Å². The van der Waals surface area contributed by atoms with Crippen molar-refractivity contribution in [3.8, 4) is 0 Å². The molecule has 0 aromatic heterocycles. The predicted molar refractivity (Wildman–Crippen MR) is 71.1 cm³/mol. The first-order valence-electron chi connectivity index (χ1n) is 7.25. The van der Waals surface area contributed by atoms with Crippen LogP contribution < -0.4 is 11.1 Å². The van der Waals surface area contributed by atoms with Gasteiger partial charge in [-0.05, 0) is 52.4 Å². The molecule has 2 fully saturated rings. The van der Waals surface area contributed by atoms with Gasteiger partial charge in [0.05, 0.1) is 12.2 Å². The Morgan fingerprint density at radius 1 is 1.06 bits per heavy atom. The lowest BCUT2D eigenvalue weighted by atomic mass is 9.85. The van der Waals surface area contributed by atoms with E-state index in [1.807, 2.05) is 0 Å². The molecule has 0 aromatic rings. The minimum Gasteiger partial charge on any atom is -0.375 e. The molecular weight excluding hydrogens is 228 g/mol. The number of carbonyl (C=O) groups is 1. The smallest absolute Gasteiger partial charge is 0.220 e. The SMILES string of the molecule is CC1CC(NC2CCC(C(N)=O)CC2)CC(C)O1.